The van der Waals surface area contributed by atoms with Crippen LogP contribution in [0, 0.1) is 0 Å². The van der Waals surface area contributed by atoms with Crippen molar-refractivity contribution in [2.75, 3.05) is 6.61 Å². The van der Waals surface area contributed by atoms with E-state index in [1.54, 1.807) is 11.8 Å². The van der Waals surface area contributed by atoms with Gasteiger partial charge in [-0.05, 0) is 32.4 Å². The SMILES string of the molecule is CCOc1cccc2c1CSC(C)(C)C2O. The molecule has 1 aromatic rings. The second kappa shape index (κ2) is 4.30. The van der Waals surface area contributed by atoms with Crippen LogP contribution in [0.5, 0.6) is 5.75 Å². The van der Waals surface area contributed by atoms with Crippen LogP contribution in [0.25, 0.3) is 0 Å². The fraction of sp³-hybridized carbons (Fsp3) is 0.538. The largest absolute Gasteiger partial charge is 0.494 e. The number of aliphatic hydroxyl groups is 1. The molecule has 0 saturated heterocycles. The summed E-state index contributed by atoms with van der Waals surface area (Å²) in [4.78, 5) is 0. The smallest absolute Gasteiger partial charge is 0.123 e. The van der Waals surface area contributed by atoms with Crippen molar-refractivity contribution in [2.24, 2.45) is 0 Å². The summed E-state index contributed by atoms with van der Waals surface area (Å²) in [6.45, 7) is 6.81. The average Bonchev–Trinajstić information content (AvgIpc) is 2.25. The van der Waals surface area contributed by atoms with Crippen molar-refractivity contribution in [3.63, 3.8) is 0 Å². The molecule has 16 heavy (non-hydrogen) atoms. The Morgan fingerprint density at radius 3 is 2.94 bits per heavy atom. The molecule has 2 nitrogen and oxygen atoms in total. The molecule has 0 radical (unpaired) electrons. The fourth-order valence-electron chi connectivity index (χ4n) is 2.00. The Kier molecular flexibility index (Phi) is 3.17. The molecule has 1 atom stereocenters. The minimum Gasteiger partial charge on any atom is -0.494 e. The zero-order valence-corrected chi connectivity index (χ0v) is 10.8. The van der Waals surface area contributed by atoms with Gasteiger partial charge in [0.05, 0.1) is 12.7 Å². The lowest BCUT2D eigenvalue weighted by atomic mass is 9.93. The van der Waals surface area contributed by atoms with E-state index in [1.165, 1.54) is 0 Å². The molecule has 3 heteroatoms. The van der Waals surface area contributed by atoms with Crippen LogP contribution in [0.15, 0.2) is 18.2 Å². The minimum atomic E-state index is -0.415. The number of hydrogen-bond acceptors (Lipinski definition) is 3. The Morgan fingerprint density at radius 2 is 2.25 bits per heavy atom. The molecule has 1 aliphatic heterocycles. The molecule has 88 valence electrons. The van der Waals surface area contributed by atoms with E-state index in [4.69, 9.17) is 4.74 Å². The van der Waals surface area contributed by atoms with Crippen LogP contribution in [0.4, 0.5) is 0 Å². The molecular weight excluding hydrogens is 220 g/mol. The Bertz CT molecular complexity index is 388. The number of hydrogen-bond donors (Lipinski definition) is 1. The van der Waals surface area contributed by atoms with Gasteiger partial charge in [0.1, 0.15) is 5.75 Å². The Hall–Kier alpha value is -0.670. The summed E-state index contributed by atoms with van der Waals surface area (Å²) in [5.74, 6) is 1.83. The van der Waals surface area contributed by atoms with Gasteiger partial charge in [-0.1, -0.05) is 12.1 Å². The van der Waals surface area contributed by atoms with E-state index in [-0.39, 0.29) is 4.75 Å². The number of rotatable bonds is 2. The molecule has 0 aliphatic carbocycles. The molecule has 0 bridgehead atoms. The molecule has 2 rings (SSSR count). The van der Waals surface area contributed by atoms with Gasteiger partial charge in [0, 0.05) is 16.1 Å². The van der Waals surface area contributed by atoms with Crippen molar-refractivity contribution in [3.8, 4) is 5.75 Å². The highest BCUT2D eigenvalue weighted by molar-refractivity contribution is 7.99. The van der Waals surface area contributed by atoms with Gasteiger partial charge in [-0.3, -0.25) is 0 Å². The Morgan fingerprint density at radius 1 is 1.50 bits per heavy atom. The summed E-state index contributed by atoms with van der Waals surface area (Å²) in [7, 11) is 0. The number of benzene rings is 1. The third-order valence-corrected chi connectivity index (χ3v) is 4.41. The van der Waals surface area contributed by atoms with Gasteiger partial charge in [0.2, 0.25) is 0 Å². The molecule has 0 saturated carbocycles. The molecule has 0 spiro atoms. The van der Waals surface area contributed by atoms with Crippen LogP contribution in [-0.4, -0.2) is 16.5 Å². The van der Waals surface area contributed by atoms with E-state index in [9.17, 15) is 5.11 Å². The molecule has 0 fully saturated rings. The average molecular weight is 238 g/mol. The monoisotopic (exact) mass is 238 g/mol. The Balaban J connectivity index is 2.43. The van der Waals surface area contributed by atoms with Gasteiger partial charge >= 0.3 is 0 Å². The van der Waals surface area contributed by atoms with Crippen molar-refractivity contribution in [1.29, 1.82) is 0 Å². The predicted octanol–water partition coefficient (Wildman–Crippen LogP) is 3.14. The predicted molar refractivity (Wildman–Crippen MR) is 67.9 cm³/mol. The molecule has 1 aliphatic rings. The molecule has 1 N–H and O–H groups in total. The first-order valence-electron chi connectivity index (χ1n) is 5.63. The van der Waals surface area contributed by atoms with Gasteiger partial charge in [0.25, 0.3) is 0 Å². The van der Waals surface area contributed by atoms with Gasteiger partial charge in [-0.2, -0.15) is 0 Å². The van der Waals surface area contributed by atoms with Crippen LogP contribution < -0.4 is 4.74 Å². The topological polar surface area (TPSA) is 29.5 Å². The second-order valence-corrected chi connectivity index (χ2v) is 6.18. The summed E-state index contributed by atoms with van der Waals surface area (Å²) in [6, 6.07) is 5.94. The first-order chi connectivity index (χ1) is 7.56. The third kappa shape index (κ3) is 1.94. The maximum atomic E-state index is 10.3. The maximum absolute atomic E-state index is 10.3. The Labute approximate surface area is 101 Å². The lowest BCUT2D eigenvalue weighted by Gasteiger charge is -2.36. The molecule has 0 aromatic heterocycles. The van der Waals surface area contributed by atoms with Crippen LogP contribution in [0.3, 0.4) is 0 Å². The fourth-order valence-corrected chi connectivity index (χ4v) is 3.11. The zero-order valence-electron chi connectivity index (χ0n) is 9.99. The van der Waals surface area contributed by atoms with Crippen molar-refractivity contribution < 1.29 is 9.84 Å². The van der Waals surface area contributed by atoms with E-state index in [1.807, 2.05) is 25.1 Å². The molecule has 1 aromatic carbocycles. The summed E-state index contributed by atoms with van der Waals surface area (Å²) in [5.41, 5.74) is 2.18. The van der Waals surface area contributed by atoms with Crippen molar-refractivity contribution >= 4 is 11.8 Å². The van der Waals surface area contributed by atoms with Crippen LogP contribution >= 0.6 is 11.8 Å². The van der Waals surface area contributed by atoms with Crippen LogP contribution in [-0.2, 0) is 5.75 Å². The van der Waals surface area contributed by atoms with Gasteiger partial charge < -0.3 is 9.84 Å². The standard InChI is InChI=1S/C13H18O2S/c1-4-15-11-7-5-6-9-10(11)8-16-13(2,3)12(9)14/h5-7,12,14H,4,8H2,1-3H3. The lowest BCUT2D eigenvalue weighted by Crippen LogP contribution is -2.30. The van der Waals surface area contributed by atoms with Crippen molar-refractivity contribution in [2.45, 2.75) is 37.4 Å². The number of fused-ring (bicyclic) bond motifs is 1. The summed E-state index contributed by atoms with van der Waals surface area (Å²) in [6.07, 6.45) is -0.415. The third-order valence-electron chi connectivity index (χ3n) is 3.01. The van der Waals surface area contributed by atoms with E-state index in [0.29, 0.717) is 6.61 Å². The van der Waals surface area contributed by atoms with E-state index in [0.717, 1.165) is 22.6 Å². The van der Waals surface area contributed by atoms with Crippen molar-refractivity contribution in [3.05, 3.63) is 29.3 Å². The van der Waals surface area contributed by atoms with Crippen molar-refractivity contribution in [1.82, 2.24) is 0 Å². The first-order valence-corrected chi connectivity index (χ1v) is 6.61. The van der Waals surface area contributed by atoms with Gasteiger partial charge in [-0.25, -0.2) is 0 Å². The summed E-state index contributed by atoms with van der Waals surface area (Å²) < 4.78 is 5.48. The zero-order chi connectivity index (χ0) is 11.8. The highest BCUT2D eigenvalue weighted by Gasteiger charge is 2.36. The van der Waals surface area contributed by atoms with Gasteiger partial charge in [-0.15, -0.1) is 11.8 Å². The molecule has 0 amide bonds. The summed E-state index contributed by atoms with van der Waals surface area (Å²) in [5, 5.41) is 10.3. The van der Waals surface area contributed by atoms with E-state index >= 15 is 0 Å². The second-order valence-electron chi connectivity index (χ2n) is 4.55. The van der Waals surface area contributed by atoms with Crippen LogP contribution in [0.1, 0.15) is 38.0 Å². The van der Waals surface area contributed by atoms with Crippen LogP contribution in [0.2, 0.25) is 0 Å². The normalized spacial score (nSPS) is 22.6. The number of ether oxygens (including phenoxy) is 1. The quantitative estimate of drug-likeness (QED) is 0.858. The minimum absolute atomic E-state index is 0.113. The molecular formula is C13H18O2S. The molecule has 1 heterocycles. The highest BCUT2D eigenvalue weighted by atomic mass is 32.2. The maximum Gasteiger partial charge on any atom is 0.123 e. The number of aliphatic hydroxyl groups excluding tert-OH is 1. The van der Waals surface area contributed by atoms with E-state index < -0.39 is 6.10 Å². The first kappa shape index (κ1) is 11.8. The summed E-state index contributed by atoms with van der Waals surface area (Å²) >= 11 is 1.78. The highest BCUT2D eigenvalue weighted by Crippen LogP contribution is 2.47. The number of thioether (sulfide) groups is 1. The van der Waals surface area contributed by atoms with E-state index in [2.05, 4.69) is 13.8 Å². The van der Waals surface area contributed by atoms with Gasteiger partial charge in [0.15, 0.2) is 0 Å². The lowest BCUT2D eigenvalue weighted by molar-refractivity contribution is 0.140. The molecule has 1 unspecified atom stereocenters.